The third kappa shape index (κ3) is 0.430. The fourth-order valence-corrected chi connectivity index (χ4v) is 0. The average Bonchev–Trinajstić information content (AvgIpc) is 0.918. The molecule has 0 unspecified atom stereocenters. The topological polar surface area (TPSA) is 79.9 Å². The second kappa shape index (κ2) is 33.7. The van der Waals surface area contributed by atoms with Crippen LogP contribution in [0.3, 0.4) is 0 Å². The Bertz CT molecular complexity index is 7.51. The molecule has 0 heterocycles. The van der Waals surface area contributed by atoms with Gasteiger partial charge in [-0.3, -0.25) is 0 Å². The lowest BCUT2D eigenvalue weighted by atomic mass is 14.8. The summed E-state index contributed by atoms with van der Waals surface area (Å²) in [6.45, 7) is 0. The summed E-state index contributed by atoms with van der Waals surface area (Å²) in [5.74, 6) is 0. The zero-order valence-corrected chi connectivity index (χ0v) is 1.63. The SMILES string of the molecule is O=[O+][O-].[O]. The molecule has 0 aliphatic heterocycles. The fraction of sp³-hybridized carbons (Fsp3) is 0. The minimum absolute atomic E-state index is 0. The Morgan fingerprint density at radius 2 is 1.75 bits per heavy atom. The van der Waals surface area contributed by atoms with Gasteiger partial charge in [0.15, 0.2) is 4.75 Å². The zero-order chi connectivity index (χ0) is 2.71. The lowest BCUT2D eigenvalue weighted by Gasteiger charge is -1.19. The molecule has 2 radical (unpaired) electrons. The molecule has 0 saturated carbocycles. The largest absolute Gasteiger partial charge is 0.154 e. The van der Waals surface area contributed by atoms with Crippen LogP contribution in [0, 0.1) is 9.71 Å². The Morgan fingerprint density at radius 3 is 1.75 bits per heavy atom. The molecule has 0 aromatic heterocycles. The van der Waals surface area contributed by atoms with Gasteiger partial charge in [-0.1, -0.05) is 10.2 Å². The van der Waals surface area contributed by atoms with E-state index in [1.54, 1.807) is 4.75 Å². The van der Waals surface area contributed by atoms with Crippen LogP contribution in [0.1, 0.15) is 0 Å². The Labute approximate surface area is 21.8 Å². The normalized spacial score (nSPS) is 3.00. The van der Waals surface area contributed by atoms with Crippen molar-refractivity contribution in [2.75, 3.05) is 0 Å². The summed E-state index contributed by atoms with van der Waals surface area (Å²) in [5, 5.41) is 7.88. The van der Waals surface area contributed by atoms with Crippen LogP contribution in [0.4, 0.5) is 0 Å². The molecule has 0 aromatic rings. The first kappa shape index (κ1) is 10.1. The van der Waals surface area contributed by atoms with Crippen LogP contribution < -0.4 is 5.26 Å². The molecule has 0 fully saturated rings. The van der Waals surface area contributed by atoms with Gasteiger partial charge in [0.25, 0.3) is 0 Å². The van der Waals surface area contributed by atoms with Crippen LogP contribution in [0.5, 0.6) is 0 Å². The van der Waals surface area contributed by atoms with Gasteiger partial charge in [-0.05, 0) is 0 Å². The van der Waals surface area contributed by atoms with E-state index in [4.69, 9.17) is 10.2 Å². The van der Waals surface area contributed by atoms with E-state index in [2.05, 4.69) is 0 Å². The highest BCUT2D eigenvalue weighted by atomic mass is 17.2. The van der Waals surface area contributed by atoms with E-state index in [9.17, 15) is 0 Å². The van der Waals surface area contributed by atoms with Crippen molar-refractivity contribution in [3.63, 3.8) is 0 Å². The van der Waals surface area contributed by atoms with Gasteiger partial charge in [0.2, 0.25) is 0 Å². The van der Waals surface area contributed by atoms with Gasteiger partial charge in [-0.15, -0.1) is 0 Å². The van der Waals surface area contributed by atoms with E-state index in [0.29, 0.717) is 0 Å². The average molecular weight is 64.0 g/mol. The fourth-order valence-electron chi connectivity index (χ4n) is 0. The third-order valence-electron chi connectivity index (χ3n) is 0. The summed E-state index contributed by atoms with van der Waals surface area (Å²) < 4.78 is 1.75. The van der Waals surface area contributed by atoms with Crippen molar-refractivity contribution in [2.45, 2.75) is 0 Å². The molecule has 0 rings (SSSR count). The van der Waals surface area contributed by atoms with Crippen molar-refractivity contribution >= 4 is 0 Å². The molecule has 0 saturated heterocycles. The van der Waals surface area contributed by atoms with Crippen LogP contribution in [0.15, 0.2) is 0 Å². The predicted octanol–water partition coefficient (Wildman–Crippen LogP) is -1.24. The first-order valence-electron chi connectivity index (χ1n) is 0.333. The van der Waals surface area contributed by atoms with Crippen LogP contribution in [-0.4, -0.2) is 0 Å². The smallest absolute Gasteiger partial charge is 0.0772 e. The third-order valence-corrected chi connectivity index (χ3v) is 0. The summed E-state index contributed by atoms with van der Waals surface area (Å²) >= 11 is 0. The van der Waals surface area contributed by atoms with E-state index in [-0.39, 0.29) is 5.48 Å². The lowest BCUT2D eigenvalue weighted by Crippen LogP contribution is -1.82. The number of hydrogen-bond donors (Lipinski definition) is 0. The molecular formula is O4. The highest BCUT2D eigenvalue weighted by Gasteiger charge is 1.27. The minimum Gasteiger partial charge on any atom is -0.0772 e. The summed E-state index contributed by atoms with van der Waals surface area (Å²) in [6.07, 6.45) is 0. The zero-order valence-electron chi connectivity index (χ0n) is 1.63. The molecule has 0 spiro atoms. The Hall–Kier alpha value is -0.640. The molecule has 0 aromatic carbocycles. The maximum absolute atomic E-state index is 7.88. The van der Waals surface area contributed by atoms with Gasteiger partial charge in [-0.2, -0.15) is 0 Å². The molecule has 4 nitrogen and oxygen atoms in total. The van der Waals surface area contributed by atoms with Crippen molar-refractivity contribution in [3.05, 3.63) is 9.71 Å². The van der Waals surface area contributed by atoms with E-state index < -0.39 is 0 Å². The summed E-state index contributed by atoms with van der Waals surface area (Å²) in [7, 11) is 0. The molecule has 4 heavy (non-hydrogen) atoms. The lowest BCUT2D eigenvalue weighted by molar-refractivity contribution is -0.284. The Balaban J connectivity index is 0. The highest BCUT2D eigenvalue weighted by molar-refractivity contribution is 4.20. The van der Waals surface area contributed by atoms with E-state index in [1.807, 2.05) is 0 Å². The van der Waals surface area contributed by atoms with Gasteiger partial charge in [0.05, 0.1) is 0 Å². The highest BCUT2D eigenvalue weighted by Crippen LogP contribution is 1.00. The summed E-state index contributed by atoms with van der Waals surface area (Å²) in [4.78, 5) is 7.88. The van der Waals surface area contributed by atoms with E-state index in [1.165, 1.54) is 0 Å². The molecule has 0 atom stereocenters. The molecular weight excluding hydrogens is 64.0 g/mol. The van der Waals surface area contributed by atoms with Crippen molar-refractivity contribution in [1.29, 1.82) is 0 Å². The van der Waals surface area contributed by atoms with Gasteiger partial charge in [0, 0.05) is 5.48 Å². The van der Waals surface area contributed by atoms with Crippen LogP contribution in [-0.2, 0) is 5.48 Å². The maximum Gasteiger partial charge on any atom is 0.154 e. The van der Waals surface area contributed by atoms with Crippen molar-refractivity contribution in [1.82, 2.24) is 0 Å². The van der Waals surface area contributed by atoms with Crippen LogP contribution in [0.25, 0.3) is 0 Å². The molecule has 0 amide bonds. The van der Waals surface area contributed by atoms with Crippen LogP contribution in [0.2, 0.25) is 0 Å². The minimum atomic E-state index is 0. The van der Waals surface area contributed by atoms with Crippen molar-refractivity contribution < 1.29 is 10.7 Å². The van der Waals surface area contributed by atoms with Gasteiger partial charge < -0.3 is 0 Å². The van der Waals surface area contributed by atoms with Gasteiger partial charge >= 0.3 is 0 Å². The monoisotopic (exact) mass is 64.0 g/mol. The van der Waals surface area contributed by atoms with Gasteiger partial charge in [-0.25, -0.2) is 0 Å². The van der Waals surface area contributed by atoms with E-state index >= 15 is 0 Å². The quantitative estimate of drug-likeness (QED) is 0.200. The number of hydrogen-bond acceptors (Lipinski definition) is 2. The van der Waals surface area contributed by atoms with Gasteiger partial charge in [0.1, 0.15) is 0 Å². The van der Waals surface area contributed by atoms with Crippen molar-refractivity contribution in [2.24, 2.45) is 0 Å². The first-order chi connectivity index (χ1) is 1.41. The standard InChI is InChI=1S/O3.O/c1-3-2;. The summed E-state index contributed by atoms with van der Waals surface area (Å²) in [6, 6.07) is 0. The number of rotatable bonds is 0. The summed E-state index contributed by atoms with van der Waals surface area (Å²) in [5.41, 5.74) is 0. The molecule has 4 heteroatoms. The Kier molecular flexibility index (Phi) is 85.2. The molecule has 0 aliphatic rings. The second-order valence-corrected chi connectivity index (χ2v) is 0.0680. The van der Waals surface area contributed by atoms with E-state index in [0.717, 1.165) is 0 Å². The maximum atomic E-state index is 7.88. The van der Waals surface area contributed by atoms with Crippen LogP contribution >= 0.6 is 0 Å². The van der Waals surface area contributed by atoms with Crippen molar-refractivity contribution in [3.8, 4) is 0 Å². The first-order valence-corrected chi connectivity index (χ1v) is 0.333. The predicted molar refractivity (Wildman–Crippen MR) is 7.42 cm³/mol. The molecule has 0 aliphatic carbocycles. The second-order valence-electron chi connectivity index (χ2n) is 0.0680. The Morgan fingerprint density at radius 1 is 1.75 bits per heavy atom. The molecule has 24 valence electrons. The molecule has 0 bridgehead atoms. The molecule has 0 N–H and O–H groups in total.